The van der Waals surface area contributed by atoms with Crippen LogP contribution in [-0.4, -0.2) is 52.3 Å². The summed E-state index contributed by atoms with van der Waals surface area (Å²) in [5.41, 5.74) is 1.27. The summed E-state index contributed by atoms with van der Waals surface area (Å²) in [7, 11) is 0. The molecule has 1 fully saturated rings. The smallest absolute Gasteiger partial charge is 0.274 e. The van der Waals surface area contributed by atoms with Crippen LogP contribution >= 0.6 is 0 Å². The van der Waals surface area contributed by atoms with Crippen LogP contribution in [0.15, 0.2) is 36.5 Å². The topological polar surface area (TPSA) is 80.2 Å². The first kappa shape index (κ1) is 14.4. The van der Waals surface area contributed by atoms with Crippen LogP contribution in [0.1, 0.15) is 16.2 Å². The maximum Gasteiger partial charge on any atom is 0.274 e. The molecule has 2 aromatic heterocycles. The van der Waals surface area contributed by atoms with Crippen LogP contribution in [0.25, 0.3) is 0 Å². The Kier molecular flexibility index (Phi) is 4.55. The Morgan fingerprint density at radius 3 is 2.73 bits per heavy atom. The van der Waals surface area contributed by atoms with Gasteiger partial charge >= 0.3 is 0 Å². The fourth-order valence-electron chi connectivity index (χ4n) is 2.15. The predicted octanol–water partition coefficient (Wildman–Crippen LogP) is 0.956. The monoisotopic (exact) mass is 299 g/mol. The van der Waals surface area contributed by atoms with Gasteiger partial charge in [0.25, 0.3) is 5.91 Å². The van der Waals surface area contributed by atoms with E-state index < -0.39 is 0 Å². The van der Waals surface area contributed by atoms with E-state index in [-0.39, 0.29) is 5.91 Å². The first-order chi connectivity index (χ1) is 10.8. The van der Waals surface area contributed by atoms with Crippen LogP contribution < -0.4 is 5.32 Å². The number of carbonyl (C=O) groups is 1. The Morgan fingerprint density at radius 1 is 1.18 bits per heavy atom. The molecule has 1 N–H and O–H groups in total. The summed E-state index contributed by atoms with van der Waals surface area (Å²) in [5.74, 6) is 0.510. The largest absolute Gasteiger partial charge is 0.378 e. The molecule has 114 valence electrons. The van der Waals surface area contributed by atoms with Crippen molar-refractivity contribution in [2.45, 2.75) is 6.54 Å². The number of hydrogen-bond donors (Lipinski definition) is 1. The highest BCUT2D eigenvalue weighted by Gasteiger charge is 2.19. The van der Waals surface area contributed by atoms with Gasteiger partial charge in [-0.3, -0.25) is 9.78 Å². The van der Waals surface area contributed by atoms with Gasteiger partial charge in [-0.05, 0) is 24.3 Å². The van der Waals surface area contributed by atoms with E-state index in [9.17, 15) is 4.79 Å². The molecule has 0 unspecified atom stereocenters. The van der Waals surface area contributed by atoms with E-state index in [0.717, 1.165) is 5.69 Å². The molecule has 1 aliphatic heterocycles. The number of nitrogens with one attached hydrogen (secondary N) is 1. The molecule has 7 heteroatoms. The van der Waals surface area contributed by atoms with Gasteiger partial charge < -0.3 is 15.0 Å². The standard InChI is InChI=1S/C15H17N5O2/c21-15(20-7-9-22-10-8-20)13-4-5-14(19-18-13)17-11-12-3-1-2-6-16-12/h1-6H,7-11H2,(H,17,19). The van der Waals surface area contributed by atoms with E-state index in [1.165, 1.54) is 0 Å². The Morgan fingerprint density at radius 2 is 2.05 bits per heavy atom. The SMILES string of the molecule is O=C(c1ccc(NCc2ccccn2)nn1)N1CCOCC1. The van der Waals surface area contributed by atoms with Crippen LogP contribution in [0.4, 0.5) is 5.82 Å². The molecule has 3 heterocycles. The summed E-state index contributed by atoms with van der Waals surface area (Å²) in [6, 6.07) is 9.17. The Labute approximate surface area is 128 Å². The summed E-state index contributed by atoms with van der Waals surface area (Å²) in [6.45, 7) is 2.90. The maximum atomic E-state index is 12.2. The Hall–Kier alpha value is -2.54. The lowest BCUT2D eigenvalue weighted by atomic mass is 10.3. The molecule has 0 radical (unpaired) electrons. The number of hydrogen-bond acceptors (Lipinski definition) is 6. The second-order valence-electron chi connectivity index (χ2n) is 4.88. The zero-order valence-electron chi connectivity index (χ0n) is 12.1. The molecule has 0 aliphatic carbocycles. The van der Waals surface area contributed by atoms with Crippen molar-refractivity contribution in [3.05, 3.63) is 47.9 Å². The van der Waals surface area contributed by atoms with Crippen molar-refractivity contribution in [3.8, 4) is 0 Å². The molecule has 0 atom stereocenters. The van der Waals surface area contributed by atoms with Crippen LogP contribution in [0.2, 0.25) is 0 Å². The average molecular weight is 299 g/mol. The molecule has 1 aliphatic rings. The molecule has 1 saturated heterocycles. The third-order valence-electron chi connectivity index (χ3n) is 3.36. The fourth-order valence-corrected chi connectivity index (χ4v) is 2.15. The minimum Gasteiger partial charge on any atom is -0.378 e. The lowest BCUT2D eigenvalue weighted by Gasteiger charge is -2.26. The first-order valence-electron chi connectivity index (χ1n) is 7.17. The molecule has 0 bridgehead atoms. The highest BCUT2D eigenvalue weighted by Crippen LogP contribution is 2.08. The molecule has 2 aromatic rings. The van der Waals surface area contributed by atoms with Crippen molar-refractivity contribution < 1.29 is 9.53 Å². The van der Waals surface area contributed by atoms with E-state index in [4.69, 9.17) is 4.74 Å². The number of carbonyl (C=O) groups excluding carboxylic acids is 1. The van der Waals surface area contributed by atoms with Crippen molar-refractivity contribution in [1.29, 1.82) is 0 Å². The molecule has 1 amide bonds. The molecular weight excluding hydrogens is 282 g/mol. The van der Waals surface area contributed by atoms with Gasteiger partial charge in [-0.2, -0.15) is 0 Å². The zero-order valence-corrected chi connectivity index (χ0v) is 12.1. The molecular formula is C15H17N5O2. The Balaban J connectivity index is 1.59. The van der Waals surface area contributed by atoms with Crippen molar-refractivity contribution in [2.24, 2.45) is 0 Å². The number of anilines is 1. The molecule has 0 aromatic carbocycles. The van der Waals surface area contributed by atoms with Gasteiger partial charge in [0.1, 0.15) is 5.82 Å². The summed E-state index contributed by atoms with van der Waals surface area (Å²) in [4.78, 5) is 18.2. The minimum atomic E-state index is -0.105. The second kappa shape index (κ2) is 6.95. The van der Waals surface area contributed by atoms with Crippen LogP contribution in [0.3, 0.4) is 0 Å². The number of nitrogens with zero attached hydrogens (tertiary/aromatic N) is 4. The number of aromatic nitrogens is 3. The summed E-state index contributed by atoms with van der Waals surface area (Å²) in [6.07, 6.45) is 1.74. The molecule has 0 spiro atoms. The van der Waals surface area contributed by atoms with Gasteiger partial charge in [-0.25, -0.2) is 0 Å². The van der Waals surface area contributed by atoms with E-state index in [2.05, 4.69) is 20.5 Å². The van der Waals surface area contributed by atoms with Gasteiger partial charge in [-0.15, -0.1) is 10.2 Å². The van der Waals surface area contributed by atoms with E-state index in [0.29, 0.717) is 44.4 Å². The average Bonchev–Trinajstić information content (AvgIpc) is 2.61. The lowest BCUT2D eigenvalue weighted by Crippen LogP contribution is -2.41. The molecule has 7 nitrogen and oxygen atoms in total. The summed E-state index contributed by atoms with van der Waals surface area (Å²) < 4.78 is 5.23. The lowest BCUT2D eigenvalue weighted by molar-refractivity contribution is 0.0298. The van der Waals surface area contributed by atoms with Crippen LogP contribution in [-0.2, 0) is 11.3 Å². The number of amides is 1. The quantitative estimate of drug-likeness (QED) is 0.905. The van der Waals surface area contributed by atoms with Gasteiger partial charge in [-0.1, -0.05) is 6.07 Å². The molecule has 22 heavy (non-hydrogen) atoms. The Bertz CT molecular complexity index is 612. The third kappa shape index (κ3) is 3.56. The molecule has 0 saturated carbocycles. The third-order valence-corrected chi connectivity index (χ3v) is 3.36. The maximum absolute atomic E-state index is 12.2. The minimum absolute atomic E-state index is 0.105. The van der Waals surface area contributed by atoms with Crippen molar-refractivity contribution in [1.82, 2.24) is 20.1 Å². The van der Waals surface area contributed by atoms with Gasteiger partial charge in [0.2, 0.25) is 0 Å². The van der Waals surface area contributed by atoms with E-state index >= 15 is 0 Å². The molecule has 3 rings (SSSR count). The van der Waals surface area contributed by atoms with Gasteiger partial charge in [0.05, 0.1) is 25.5 Å². The normalized spacial score (nSPS) is 14.6. The number of ether oxygens (including phenoxy) is 1. The first-order valence-corrected chi connectivity index (χ1v) is 7.17. The van der Waals surface area contributed by atoms with Crippen molar-refractivity contribution in [2.75, 3.05) is 31.6 Å². The van der Waals surface area contributed by atoms with Gasteiger partial charge in [0, 0.05) is 19.3 Å². The summed E-state index contributed by atoms with van der Waals surface area (Å²) >= 11 is 0. The van der Waals surface area contributed by atoms with Crippen LogP contribution in [0.5, 0.6) is 0 Å². The van der Waals surface area contributed by atoms with Gasteiger partial charge in [0.15, 0.2) is 5.69 Å². The number of morpholine rings is 1. The van der Waals surface area contributed by atoms with Crippen molar-refractivity contribution in [3.63, 3.8) is 0 Å². The van der Waals surface area contributed by atoms with E-state index in [1.54, 1.807) is 23.2 Å². The van der Waals surface area contributed by atoms with E-state index in [1.807, 2.05) is 18.2 Å². The highest BCUT2D eigenvalue weighted by atomic mass is 16.5. The highest BCUT2D eigenvalue weighted by molar-refractivity contribution is 5.92. The summed E-state index contributed by atoms with van der Waals surface area (Å²) in [5, 5.41) is 11.2. The fraction of sp³-hybridized carbons (Fsp3) is 0.333. The predicted molar refractivity (Wildman–Crippen MR) is 80.3 cm³/mol. The second-order valence-corrected chi connectivity index (χ2v) is 4.88. The van der Waals surface area contributed by atoms with Crippen LogP contribution in [0, 0.1) is 0 Å². The van der Waals surface area contributed by atoms with Crippen molar-refractivity contribution >= 4 is 11.7 Å². The number of rotatable bonds is 4. The number of pyridine rings is 1. The zero-order chi connectivity index (χ0) is 15.2.